The van der Waals surface area contributed by atoms with Gasteiger partial charge < -0.3 is 15.1 Å². The fourth-order valence-corrected chi connectivity index (χ4v) is 6.40. The van der Waals surface area contributed by atoms with Gasteiger partial charge in [-0.25, -0.2) is 14.8 Å². The highest BCUT2D eigenvalue weighted by molar-refractivity contribution is 7.22. The number of carbonyl (C=O) groups excluding carboxylic acids is 1. The molecule has 2 aliphatic heterocycles. The van der Waals surface area contributed by atoms with E-state index < -0.39 is 17.8 Å². The van der Waals surface area contributed by atoms with Crippen molar-refractivity contribution in [1.29, 1.82) is 0 Å². The smallest absolute Gasteiger partial charge is 0.368 e. The zero-order valence-corrected chi connectivity index (χ0v) is 22.1. The molecule has 2 N–H and O–H groups in total. The fraction of sp³-hybridized carbons (Fsp3) is 0.259. The molecular weight excluding hydrogens is 541 g/mol. The van der Waals surface area contributed by atoms with Crippen molar-refractivity contribution in [3.8, 4) is 10.4 Å². The SMILES string of the molecule is CN1Cc2cnc3sc(-c4cnc5[nH]ncc5c4)cc3c2N(c2ccc(N3CCNCC3)c(C(F)(F)F)c2)C1=O. The van der Waals surface area contributed by atoms with Crippen LogP contribution in [0.4, 0.5) is 35.0 Å². The Hall–Kier alpha value is -4.23. The van der Waals surface area contributed by atoms with E-state index in [1.54, 1.807) is 36.6 Å². The van der Waals surface area contributed by atoms with Gasteiger partial charge in [-0.15, -0.1) is 11.3 Å². The first-order valence-corrected chi connectivity index (χ1v) is 13.5. The summed E-state index contributed by atoms with van der Waals surface area (Å²) in [6.45, 7) is 2.46. The minimum Gasteiger partial charge on any atom is -0.368 e. The van der Waals surface area contributed by atoms with Crippen molar-refractivity contribution in [2.45, 2.75) is 12.7 Å². The van der Waals surface area contributed by atoms with E-state index in [0.29, 0.717) is 54.3 Å². The van der Waals surface area contributed by atoms with Crippen molar-refractivity contribution in [1.82, 2.24) is 30.4 Å². The fourth-order valence-electron chi connectivity index (χ4n) is 5.41. The van der Waals surface area contributed by atoms with Gasteiger partial charge in [0.2, 0.25) is 0 Å². The number of piperazine rings is 1. The number of nitrogens with one attached hydrogen (secondary N) is 2. The van der Waals surface area contributed by atoms with Crippen LogP contribution < -0.4 is 15.1 Å². The first-order valence-electron chi connectivity index (χ1n) is 12.7. The predicted octanol–water partition coefficient (Wildman–Crippen LogP) is 5.37. The molecule has 1 saturated heterocycles. The molecule has 5 aromatic rings. The Balaban J connectivity index is 1.38. The number of hydrogen-bond donors (Lipinski definition) is 2. The van der Waals surface area contributed by atoms with Gasteiger partial charge in [0, 0.05) is 78.1 Å². The topological polar surface area (TPSA) is 93.3 Å². The van der Waals surface area contributed by atoms with E-state index >= 15 is 0 Å². The van der Waals surface area contributed by atoms with Gasteiger partial charge in [-0.05, 0) is 30.3 Å². The van der Waals surface area contributed by atoms with Gasteiger partial charge in [-0.2, -0.15) is 18.3 Å². The highest BCUT2D eigenvalue weighted by Crippen LogP contribution is 2.46. The van der Waals surface area contributed by atoms with Gasteiger partial charge >= 0.3 is 12.2 Å². The molecule has 6 heterocycles. The third-order valence-electron chi connectivity index (χ3n) is 7.34. The molecule has 204 valence electrons. The molecule has 0 radical (unpaired) electrons. The first kappa shape index (κ1) is 24.8. The maximum absolute atomic E-state index is 14.4. The Bertz CT molecular complexity index is 1780. The molecule has 0 aliphatic carbocycles. The van der Waals surface area contributed by atoms with Gasteiger partial charge in [-0.1, -0.05) is 0 Å². The molecule has 0 unspecified atom stereocenters. The number of halogens is 3. The third-order valence-corrected chi connectivity index (χ3v) is 8.43. The van der Waals surface area contributed by atoms with Gasteiger partial charge in [-0.3, -0.25) is 10.00 Å². The number of benzene rings is 1. The molecule has 0 bridgehead atoms. The number of aromatic nitrogens is 4. The number of amides is 2. The quantitative estimate of drug-likeness (QED) is 0.306. The largest absolute Gasteiger partial charge is 0.418 e. The molecule has 1 aromatic carbocycles. The average molecular weight is 565 g/mol. The molecule has 0 saturated carbocycles. The summed E-state index contributed by atoms with van der Waals surface area (Å²) in [5.41, 5.74) is 2.35. The summed E-state index contributed by atoms with van der Waals surface area (Å²) >= 11 is 1.44. The van der Waals surface area contributed by atoms with E-state index in [1.165, 1.54) is 27.2 Å². The van der Waals surface area contributed by atoms with Crippen LogP contribution in [0.3, 0.4) is 0 Å². The highest BCUT2D eigenvalue weighted by Gasteiger charge is 2.38. The molecule has 9 nitrogen and oxygen atoms in total. The number of nitrogens with zero attached hydrogens (tertiary/aromatic N) is 6. The van der Waals surface area contributed by atoms with Gasteiger partial charge in [0.05, 0.1) is 29.7 Å². The first-order chi connectivity index (χ1) is 19.3. The molecular formula is C27H23F3N8OS. The lowest BCUT2D eigenvalue weighted by atomic mass is 10.0. The summed E-state index contributed by atoms with van der Waals surface area (Å²) in [6.07, 6.45) is 0.535. The lowest BCUT2D eigenvalue weighted by molar-refractivity contribution is -0.137. The summed E-state index contributed by atoms with van der Waals surface area (Å²) in [4.78, 5) is 28.8. The summed E-state index contributed by atoms with van der Waals surface area (Å²) in [5, 5.41) is 11.6. The number of urea groups is 1. The van der Waals surface area contributed by atoms with Crippen LogP contribution in [0.1, 0.15) is 11.1 Å². The van der Waals surface area contributed by atoms with Crippen LogP contribution in [-0.4, -0.2) is 64.3 Å². The summed E-state index contributed by atoms with van der Waals surface area (Å²) < 4.78 is 43.1. The summed E-state index contributed by atoms with van der Waals surface area (Å²) in [6, 6.07) is 7.66. The van der Waals surface area contributed by atoms with Crippen LogP contribution in [0.5, 0.6) is 0 Å². The van der Waals surface area contributed by atoms with Crippen LogP contribution in [0.15, 0.2) is 48.9 Å². The molecule has 2 amide bonds. The Morgan fingerprint density at radius 3 is 2.65 bits per heavy atom. The number of thiophene rings is 1. The van der Waals surface area contributed by atoms with Crippen LogP contribution in [0, 0.1) is 0 Å². The van der Waals surface area contributed by atoms with Crippen LogP contribution >= 0.6 is 11.3 Å². The number of aromatic amines is 1. The number of carbonyl (C=O) groups is 1. The highest BCUT2D eigenvalue weighted by atomic mass is 32.1. The lowest BCUT2D eigenvalue weighted by Gasteiger charge is -2.36. The van der Waals surface area contributed by atoms with E-state index in [4.69, 9.17) is 0 Å². The second-order valence-electron chi connectivity index (χ2n) is 9.90. The summed E-state index contributed by atoms with van der Waals surface area (Å²) in [5.74, 6) is 0. The van der Waals surface area contributed by atoms with Crippen molar-refractivity contribution < 1.29 is 18.0 Å². The van der Waals surface area contributed by atoms with E-state index in [0.717, 1.165) is 27.5 Å². The Labute approximate surface area is 230 Å². The van der Waals surface area contributed by atoms with Crippen LogP contribution in [-0.2, 0) is 12.7 Å². The minimum absolute atomic E-state index is 0.121. The Kier molecular flexibility index (Phi) is 5.68. The monoisotopic (exact) mass is 564 g/mol. The van der Waals surface area contributed by atoms with Gasteiger partial charge in [0.1, 0.15) is 4.83 Å². The Morgan fingerprint density at radius 2 is 1.85 bits per heavy atom. The molecule has 2 aliphatic rings. The molecule has 1 fully saturated rings. The molecule has 40 heavy (non-hydrogen) atoms. The number of anilines is 3. The number of alkyl halides is 3. The van der Waals surface area contributed by atoms with Crippen molar-refractivity contribution in [3.05, 3.63) is 60.0 Å². The van der Waals surface area contributed by atoms with E-state index in [2.05, 4.69) is 25.5 Å². The lowest BCUT2D eigenvalue weighted by Crippen LogP contribution is -2.44. The van der Waals surface area contributed by atoms with E-state index in [9.17, 15) is 18.0 Å². The van der Waals surface area contributed by atoms with Crippen LogP contribution in [0.25, 0.3) is 31.7 Å². The van der Waals surface area contributed by atoms with Gasteiger partial charge in [0.25, 0.3) is 0 Å². The summed E-state index contributed by atoms with van der Waals surface area (Å²) in [7, 11) is 1.63. The molecule has 0 spiro atoms. The van der Waals surface area contributed by atoms with Crippen LogP contribution in [0.2, 0.25) is 0 Å². The number of hydrogen-bond acceptors (Lipinski definition) is 7. The third kappa shape index (κ3) is 4.04. The van der Waals surface area contributed by atoms with Crippen molar-refractivity contribution in [3.63, 3.8) is 0 Å². The standard InChI is InChI=1S/C27H23F3N8OS/c1-36-14-17-12-33-25-19(10-22(40-25)15-8-16-13-34-35-24(16)32-11-15)23(17)38(26(36)39)18-2-3-21(20(9-18)27(28,29)30)37-6-4-31-5-7-37/h2-3,8-13,31H,4-7,14H2,1H3,(H,32,34,35). The van der Waals surface area contributed by atoms with Crippen molar-refractivity contribution in [2.75, 3.05) is 43.0 Å². The molecule has 13 heteroatoms. The molecule has 0 atom stereocenters. The normalized spacial score (nSPS) is 16.3. The molecule has 4 aromatic heterocycles. The number of H-pyrrole nitrogens is 1. The maximum atomic E-state index is 14.4. The van der Waals surface area contributed by atoms with E-state index in [1.807, 2.05) is 12.1 Å². The second-order valence-corrected chi connectivity index (χ2v) is 10.9. The van der Waals surface area contributed by atoms with Crippen molar-refractivity contribution in [2.24, 2.45) is 0 Å². The maximum Gasteiger partial charge on any atom is 0.418 e. The predicted molar refractivity (Wildman–Crippen MR) is 148 cm³/mol. The van der Waals surface area contributed by atoms with E-state index in [-0.39, 0.29) is 11.4 Å². The molecule has 7 rings (SSSR count). The second kappa shape index (κ2) is 9.17. The minimum atomic E-state index is -4.59. The zero-order valence-electron chi connectivity index (χ0n) is 21.3. The Morgan fingerprint density at radius 1 is 1.02 bits per heavy atom. The zero-order chi connectivity index (χ0) is 27.6. The number of pyridine rings is 2. The number of rotatable bonds is 3. The number of fused-ring (bicyclic) bond motifs is 4. The van der Waals surface area contributed by atoms with Crippen molar-refractivity contribution >= 4 is 55.7 Å². The average Bonchev–Trinajstić information content (AvgIpc) is 3.60. The van der Waals surface area contributed by atoms with Gasteiger partial charge in [0.15, 0.2) is 5.65 Å².